The fraction of sp³-hybridized carbons (Fsp3) is 0.907. The van der Waals surface area contributed by atoms with Gasteiger partial charge in [-0.25, -0.2) is 0 Å². The summed E-state index contributed by atoms with van der Waals surface area (Å²) in [5, 5.41) is 12.9. The van der Waals surface area contributed by atoms with E-state index in [0.717, 1.165) is 77.0 Å². The van der Waals surface area contributed by atoms with E-state index in [9.17, 15) is 29.1 Å². The van der Waals surface area contributed by atoms with Crippen LogP contribution < -0.4 is 5.32 Å². The second-order valence-corrected chi connectivity index (χ2v) is 21.5. The molecule has 13 nitrogen and oxygen atoms in total. The maximum absolute atomic E-state index is 13.0. The van der Waals surface area contributed by atoms with E-state index >= 15 is 0 Å². The zero-order valence-corrected chi connectivity index (χ0v) is 42.4. The molecule has 4 rings (SSSR count). The molecule has 0 aromatic heterocycles. The molecule has 0 radical (unpaired) electrons. The number of ether oxygens (including phenoxy) is 6. The third-order valence-electron chi connectivity index (χ3n) is 15.2. The second-order valence-electron chi connectivity index (χ2n) is 21.5. The number of hydrogen-bond acceptors (Lipinski definition) is 12. The minimum absolute atomic E-state index is 0.109. The van der Waals surface area contributed by atoms with Gasteiger partial charge in [0.1, 0.15) is 32.5 Å². The van der Waals surface area contributed by atoms with Gasteiger partial charge < -0.3 is 38.8 Å². The van der Waals surface area contributed by atoms with Crippen molar-refractivity contribution in [2.75, 3.05) is 39.5 Å². The molecule has 4 aliphatic carbocycles. The molecule has 4 aliphatic rings. The first-order valence-corrected chi connectivity index (χ1v) is 27.4. The number of quaternary nitrogens is 1. The molecule has 386 valence electrons. The first-order valence-electron chi connectivity index (χ1n) is 27.4. The topological polar surface area (TPSA) is 178 Å². The van der Waals surface area contributed by atoms with Crippen LogP contribution >= 0.6 is 0 Å². The summed E-state index contributed by atoms with van der Waals surface area (Å²) in [6.07, 6.45) is 25.8. The maximum atomic E-state index is 13.0. The predicted molar refractivity (Wildman–Crippen MR) is 256 cm³/mol. The van der Waals surface area contributed by atoms with E-state index in [2.05, 4.69) is 5.32 Å². The number of aliphatic hydroxyl groups excluding tert-OH is 1. The minimum atomic E-state index is -1.14. The van der Waals surface area contributed by atoms with Gasteiger partial charge in [0.05, 0.1) is 43.2 Å². The maximum Gasteiger partial charge on any atom is 0.308 e. The van der Waals surface area contributed by atoms with Gasteiger partial charge >= 0.3 is 29.8 Å². The number of rotatable bonds is 31. The van der Waals surface area contributed by atoms with Crippen LogP contribution in [0.5, 0.6) is 0 Å². The highest BCUT2D eigenvalue weighted by molar-refractivity contribution is 5.73. The molecule has 67 heavy (non-hydrogen) atoms. The van der Waals surface area contributed by atoms with Crippen LogP contribution in [-0.2, 0) is 52.4 Å². The zero-order valence-electron chi connectivity index (χ0n) is 42.4. The van der Waals surface area contributed by atoms with Crippen LogP contribution in [0.3, 0.4) is 0 Å². The summed E-state index contributed by atoms with van der Waals surface area (Å²) in [5.74, 6) is -0.551. The Morgan fingerprint density at radius 3 is 1.12 bits per heavy atom. The van der Waals surface area contributed by atoms with Crippen LogP contribution in [0, 0.1) is 47.3 Å². The quantitative estimate of drug-likeness (QED) is 0.0292. The molecule has 0 heterocycles. The van der Waals surface area contributed by atoms with Crippen molar-refractivity contribution in [3.63, 3.8) is 0 Å². The molecule has 13 heteroatoms. The van der Waals surface area contributed by atoms with Crippen molar-refractivity contribution in [3.05, 3.63) is 0 Å². The SMILES string of the molecule is CC(CC1CCCCC1)C(=O)OCC(COC(=O)C(C)CC1CCCCC1)OC(=O)CCC[NH2+]CCCC(O)OC(COC(=O)C(C)CC1CCCCC1)COC(=O)C(C)CC1CCCCC1. The van der Waals surface area contributed by atoms with Gasteiger partial charge in [0, 0.05) is 19.3 Å². The molecular weight excluding hydrogens is 855 g/mol. The van der Waals surface area contributed by atoms with Crippen molar-refractivity contribution in [1.82, 2.24) is 0 Å². The van der Waals surface area contributed by atoms with Crippen molar-refractivity contribution in [3.8, 4) is 0 Å². The van der Waals surface area contributed by atoms with Crippen LogP contribution in [0.4, 0.5) is 0 Å². The molecule has 0 aliphatic heterocycles. The molecule has 4 fully saturated rings. The van der Waals surface area contributed by atoms with Gasteiger partial charge in [0.25, 0.3) is 0 Å². The molecule has 5 atom stereocenters. The van der Waals surface area contributed by atoms with E-state index in [1.807, 2.05) is 27.7 Å². The molecule has 3 N–H and O–H groups in total. The van der Waals surface area contributed by atoms with Crippen molar-refractivity contribution in [1.29, 1.82) is 0 Å². The first-order chi connectivity index (χ1) is 32.4. The number of hydrogen-bond donors (Lipinski definition) is 2. The largest absolute Gasteiger partial charge is 0.463 e. The smallest absolute Gasteiger partial charge is 0.308 e. The molecule has 5 unspecified atom stereocenters. The van der Waals surface area contributed by atoms with Crippen molar-refractivity contribution in [2.24, 2.45) is 47.3 Å². The van der Waals surface area contributed by atoms with Crippen molar-refractivity contribution in [2.45, 2.75) is 226 Å². The van der Waals surface area contributed by atoms with Crippen LogP contribution in [0.2, 0.25) is 0 Å². The third-order valence-corrected chi connectivity index (χ3v) is 15.2. The van der Waals surface area contributed by atoms with Gasteiger partial charge in [-0.05, 0) is 49.4 Å². The summed E-state index contributed by atoms with van der Waals surface area (Å²) in [7, 11) is 0. The van der Waals surface area contributed by atoms with Gasteiger partial charge in [-0.1, -0.05) is 156 Å². The van der Waals surface area contributed by atoms with Gasteiger partial charge in [-0.2, -0.15) is 0 Å². The molecule has 0 spiro atoms. The highest BCUT2D eigenvalue weighted by atomic mass is 16.6. The lowest BCUT2D eigenvalue weighted by Gasteiger charge is -2.26. The van der Waals surface area contributed by atoms with E-state index in [0.29, 0.717) is 56.0 Å². The van der Waals surface area contributed by atoms with E-state index in [1.54, 1.807) is 0 Å². The van der Waals surface area contributed by atoms with Gasteiger partial charge in [-0.3, -0.25) is 24.0 Å². The molecular formula is C54H94NO12+. The molecule has 0 aromatic rings. The number of esters is 5. The lowest BCUT2D eigenvalue weighted by Crippen LogP contribution is -2.84. The van der Waals surface area contributed by atoms with Crippen LogP contribution in [-0.4, -0.2) is 93.0 Å². The minimum Gasteiger partial charge on any atom is -0.463 e. The average molecular weight is 949 g/mol. The predicted octanol–water partition coefficient (Wildman–Crippen LogP) is 9.32. The van der Waals surface area contributed by atoms with Gasteiger partial charge in [0.2, 0.25) is 0 Å². The zero-order chi connectivity index (χ0) is 48.2. The molecule has 0 saturated heterocycles. The van der Waals surface area contributed by atoms with Crippen molar-refractivity contribution >= 4 is 29.8 Å². The van der Waals surface area contributed by atoms with Crippen LogP contribution in [0.1, 0.15) is 207 Å². The van der Waals surface area contributed by atoms with Crippen LogP contribution in [0.15, 0.2) is 0 Å². The number of carbonyl (C=O) groups is 5. The highest BCUT2D eigenvalue weighted by Crippen LogP contribution is 2.32. The Balaban J connectivity index is 1.17. The van der Waals surface area contributed by atoms with E-state index in [4.69, 9.17) is 28.4 Å². The Hall–Kier alpha value is -2.77. The fourth-order valence-electron chi connectivity index (χ4n) is 11.1. The van der Waals surface area contributed by atoms with E-state index < -0.39 is 24.5 Å². The number of nitrogens with two attached hydrogens (primary N) is 1. The van der Waals surface area contributed by atoms with Crippen molar-refractivity contribution < 1.29 is 62.8 Å². The second kappa shape index (κ2) is 32.9. The Morgan fingerprint density at radius 1 is 0.463 bits per heavy atom. The monoisotopic (exact) mass is 949 g/mol. The summed E-state index contributed by atoms with van der Waals surface area (Å²) < 4.78 is 34.4. The first kappa shape index (κ1) is 56.8. The average Bonchev–Trinajstić information content (AvgIpc) is 3.33. The Labute approximate surface area is 404 Å². The number of carbonyl (C=O) groups excluding carboxylic acids is 5. The number of aliphatic hydroxyl groups is 1. The summed E-state index contributed by atoms with van der Waals surface area (Å²) in [6, 6.07) is 0. The van der Waals surface area contributed by atoms with Gasteiger partial charge in [0.15, 0.2) is 12.4 Å². The van der Waals surface area contributed by atoms with E-state index in [-0.39, 0.29) is 80.4 Å². The Morgan fingerprint density at radius 2 is 0.776 bits per heavy atom. The Bertz CT molecular complexity index is 1320. The normalized spacial score (nSPS) is 21.2. The lowest BCUT2D eigenvalue weighted by molar-refractivity contribution is -0.655. The van der Waals surface area contributed by atoms with E-state index in [1.165, 1.54) is 77.0 Å². The summed E-state index contributed by atoms with van der Waals surface area (Å²) in [6.45, 7) is 8.37. The lowest BCUT2D eigenvalue weighted by atomic mass is 9.83. The molecule has 0 bridgehead atoms. The molecule has 0 aromatic carbocycles. The summed E-state index contributed by atoms with van der Waals surface area (Å²) in [5.41, 5.74) is 0. The molecule has 0 amide bonds. The molecule has 4 saturated carbocycles. The Kier molecular flexibility index (Phi) is 27.9. The standard InChI is InChI=1S/C54H93NO12/c1-39(31-43-19-9-5-10-20-43)51(58)62-35-47(36-63-52(59)40(2)32-44-21-11-6-12-22-44)66-49(56)27-17-29-55-30-18-28-50(57)67-48(37-64-53(60)41(3)33-45-23-13-7-14-24-45)38-65-54(61)42(4)34-46-25-15-8-16-26-46/h39-49,55-56H,5-38H2,1-4H3/p+1. The third kappa shape index (κ3) is 24.1. The summed E-state index contributed by atoms with van der Waals surface area (Å²) >= 11 is 0. The highest BCUT2D eigenvalue weighted by Gasteiger charge is 2.29. The van der Waals surface area contributed by atoms with Gasteiger partial charge in [-0.15, -0.1) is 0 Å². The summed E-state index contributed by atoms with van der Waals surface area (Å²) in [4.78, 5) is 65.1. The van der Waals surface area contributed by atoms with Crippen LogP contribution in [0.25, 0.3) is 0 Å². The fourth-order valence-corrected chi connectivity index (χ4v) is 11.1.